The van der Waals surface area contributed by atoms with E-state index in [1.54, 1.807) is 42.5 Å². The van der Waals surface area contributed by atoms with Crippen LogP contribution in [0.2, 0.25) is 10.0 Å². The van der Waals surface area contributed by atoms with E-state index in [-0.39, 0.29) is 30.9 Å². The fraction of sp³-hybridized carbons (Fsp3) is 0.300. The lowest BCUT2D eigenvalue weighted by atomic mass is 10.2. The first-order chi connectivity index (χ1) is 13.5. The van der Waals surface area contributed by atoms with Gasteiger partial charge in [-0.1, -0.05) is 23.2 Å². The molecule has 1 saturated heterocycles. The van der Waals surface area contributed by atoms with E-state index in [4.69, 9.17) is 32.7 Å². The van der Waals surface area contributed by atoms with Crippen LogP contribution in [0.3, 0.4) is 0 Å². The number of hydrogen-bond donors (Lipinski definition) is 2. The third-order valence-corrected chi connectivity index (χ3v) is 4.89. The van der Waals surface area contributed by atoms with Crippen molar-refractivity contribution in [2.75, 3.05) is 23.8 Å². The quantitative estimate of drug-likeness (QED) is 0.687. The first-order valence-electron chi connectivity index (χ1n) is 8.91. The maximum atomic E-state index is 12.0. The standard InChI is InChI=1S/C20H20Cl2N2O4/c21-16-8-7-15(12-17(16)22)27-11-9-19(25)23-13-3-5-14(6-4-13)24-20(26)18-2-1-10-28-18/h3-8,12,18H,1-2,9-11H2,(H,23,25)(H,24,26)/t18-/m0/s1. The van der Waals surface area contributed by atoms with Gasteiger partial charge in [0, 0.05) is 24.0 Å². The number of benzene rings is 2. The summed E-state index contributed by atoms with van der Waals surface area (Å²) in [5.74, 6) is 0.221. The number of amides is 2. The van der Waals surface area contributed by atoms with Crippen molar-refractivity contribution in [3.05, 3.63) is 52.5 Å². The predicted molar refractivity (Wildman–Crippen MR) is 109 cm³/mol. The molecule has 1 fully saturated rings. The molecule has 28 heavy (non-hydrogen) atoms. The number of carbonyl (C=O) groups is 2. The summed E-state index contributed by atoms with van der Waals surface area (Å²) in [6.45, 7) is 0.831. The van der Waals surface area contributed by atoms with Gasteiger partial charge in [-0.3, -0.25) is 9.59 Å². The molecule has 0 spiro atoms. The topological polar surface area (TPSA) is 76.7 Å². The number of nitrogens with one attached hydrogen (secondary N) is 2. The van der Waals surface area contributed by atoms with E-state index in [9.17, 15) is 9.59 Å². The van der Waals surface area contributed by atoms with E-state index in [0.29, 0.717) is 33.8 Å². The van der Waals surface area contributed by atoms with Crippen LogP contribution in [0.4, 0.5) is 11.4 Å². The third kappa shape index (κ3) is 5.86. The minimum absolute atomic E-state index is 0.145. The highest BCUT2D eigenvalue weighted by Gasteiger charge is 2.23. The molecule has 3 rings (SSSR count). The molecule has 8 heteroatoms. The van der Waals surface area contributed by atoms with Gasteiger partial charge in [-0.2, -0.15) is 0 Å². The Hall–Kier alpha value is -2.28. The molecule has 0 aliphatic carbocycles. The summed E-state index contributed by atoms with van der Waals surface area (Å²) in [7, 11) is 0. The van der Waals surface area contributed by atoms with Crippen molar-refractivity contribution in [2.45, 2.75) is 25.4 Å². The summed E-state index contributed by atoms with van der Waals surface area (Å²) in [6.07, 6.45) is 1.44. The number of anilines is 2. The van der Waals surface area contributed by atoms with Crippen molar-refractivity contribution in [1.29, 1.82) is 0 Å². The van der Waals surface area contributed by atoms with Gasteiger partial charge in [0.2, 0.25) is 5.91 Å². The van der Waals surface area contributed by atoms with Crippen molar-refractivity contribution >= 4 is 46.4 Å². The van der Waals surface area contributed by atoms with Gasteiger partial charge >= 0.3 is 0 Å². The van der Waals surface area contributed by atoms with E-state index < -0.39 is 0 Å². The van der Waals surface area contributed by atoms with Crippen LogP contribution >= 0.6 is 23.2 Å². The van der Waals surface area contributed by atoms with Gasteiger partial charge in [0.15, 0.2) is 0 Å². The van der Waals surface area contributed by atoms with Crippen molar-refractivity contribution in [3.63, 3.8) is 0 Å². The summed E-state index contributed by atoms with van der Waals surface area (Å²) in [4.78, 5) is 24.1. The molecule has 0 aromatic heterocycles. The Bertz CT molecular complexity index is 837. The second kappa shape index (κ2) is 9.78. The summed E-state index contributed by atoms with van der Waals surface area (Å²) in [5.41, 5.74) is 1.29. The lowest BCUT2D eigenvalue weighted by Gasteiger charge is -2.11. The number of rotatable bonds is 7. The Morgan fingerprint density at radius 1 is 1.04 bits per heavy atom. The van der Waals surface area contributed by atoms with Crippen molar-refractivity contribution < 1.29 is 19.1 Å². The first kappa shape index (κ1) is 20.5. The molecular weight excluding hydrogens is 403 g/mol. The summed E-state index contributed by atoms with van der Waals surface area (Å²) in [5, 5.41) is 6.43. The monoisotopic (exact) mass is 422 g/mol. The van der Waals surface area contributed by atoms with Gasteiger partial charge in [-0.15, -0.1) is 0 Å². The Kier molecular flexibility index (Phi) is 7.14. The van der Waals surface area contributed by atoms with Crippen LogP contribution in [0.15, 0.2) is 42.5 Å². The molecular formula is C20H20Cl2N2O4. The SMILES string of the molecule is O=C(CCOc1ccc(Cl)c(Cl)c1)Nc1ccc(NC(=O)[C@@H]2CCCO2)cc1. The minimum Gasteiger partial charge on any atom is -0.493 e. The Morgan fingerprint density at radius 2 is 1.75 bits per heavy atom. The van der Waals surface area contributed by atoms with Crippen LogP contribution < -0.4 is 15.4 Å². The maximum Gasteiger partial charge on any atom is 0.253 e. The highest BCUT2D eigenvalue weighted by Crippen LogP contribution is 2.26. The first-order valence-corrected chi connectivity index (χ1v) is 9.67. The molecule has 0 unspecified atom stereocenters. The molecule has 2 amide bonds. The van der Waals surface area contributed by atoms with E-state index >= 15 is 0 Å². The number of hydrogen-bond acceptors (Lipinski definition) is 4. The average Bonchev–Trinajstić information content (AvgIpc) is 3.21. The zero-order valence-electron chi connectivity index (χ0n) is 15.0. The smallest absolute Gasteiger partial charge is 0.253 e. The molecule has 2 N–H and O–H groups in total. The second-order valence-corrected chi connectivity index (χ2v) is 7.11. The molecule has 1 aliphatic rings. The molecule has 1 heterocycles. The lowest BCUT2D eigenvalue weighted by molar-refractivity contribution is -0.124. The molecule has 0 saturated carbocycles. The summed E-state index contributed by atoms with van der Waals surface area (Å²) >= 11 is 11.8. The van der Waals surface area contributed by atoms with Crippen LogP contribution in [0.25, 0.3) is 0 Å². The molecule has 2 aromatic rings. The van der Waals surface area contributed by atoms with E-state index in [1.807, 2.05) is 0 Å². The third-order valence-electron chi connectivity index (χ3n) is 4.15. The van der Waals surface area contributed by atoms with Gasteiger partial charge in [0.1, 0.15) is 11.9 Å². The van der Waals surface area contributed by atoms with Crippen molar-refractivity contribution in [1.82, 2.24) is 0 Å². The zero-order valence-corrected chi connectivity index (χ0v) is 16.6. The fourth-order valence-corrected chi connectivity index (χ4v) is 2.98. The number of ether oxygens (including phenoxy) is 2. The van der Waals surface area contributed by atoms with Crippen LogP contribution in [-0.2, 0) is 14.3 Å². The molecule has 2 aromatic carbocycles. The number of carbonyl (C=O) groups excluding carboxylic acids is 2. The maximum absolute atomic E-state index is 12.0. The lowest BCUT2D eigenvalue weighted by Crippen LogP contribution is -2.26. The summed E-state index contributed by atoms with van der Waals surface area (Å²) in [6, 6.07) is 11.8. The largest absolute Gasteiger partial charge is 0.493 e. The number of halogens is 2. The highest BCUT2D eigenvalue weighted by atomic mass is 35.5. The Balaban J connectivity index is 1.42. The predicted octanol–water partition coefficient (Wildman–Crippen LogP) is 4.52. The second-order valence-electron chi connectivity index (χ2n) is 6.29. The van der Waals surface area contributed by atoms with Crippen molar-refractivity contribution in [2.24, 2.45) is 0 Å². The van der Waals surface area contributed by atoms with Crippen LogP contribution in [0.1, 0.15) is 19.3 Å². The normalized spacial score (nSPS) is 15.9. The zero-order chi connectivity index (χ0) is 19.9. The fourth-order valence-electron chi connectivity index (χ4n) is 2.70. The van der Waals surface area contributed by atoms with Gasteiger partial charge in [-0.25, -0.2) is 0 Å². The van der Waals surface area contributed by atoms with Crippen LogP contribution in [0.5, 0.6) is 5.75 Å². The minimum atomic E-state index is -0.380. The van der Waals surface area contributed by atoms with Gasteiger partial charge in [-0.05, 0) is 49.2 Å². The Labute approximate surface area is 173 Å². The highest BCUT2D eigenvalue weighted by molar-refractivity contribution is 6.42. The molecule has 6 nitrogen and oxygen atoms in total. The molecule has 0 radical (unpaired) electrons. The Morgan fingerprint density at radius 3 is 2.39 bits per heavy atom. The van der Waals surface area contributed by atoms with Crippen LogP contribution in [-0.4, -0.2) is 31.1 Å². The molecule has 1 aliphatic heterocycles. The van der Waals surface area contributed by atoms with E-state index in [2.05, 4.69) is 10.6 Å². The van der Waals surface area contributed by atoms with Gasteiger partial charge < -0.3 is 20.1 Å². The van der Waals surface area contributed by atoms with Crippen molar-refractivity contribution in [3.8, 4) is 5.75 Å². The molecule has 1 atom stereocenters. The van der Waals surface area contributed by atoms with Gasteiger partial charge in [0.05, 0.1) is 23.1 Å². The van der Waals surface area contributed by atoms with Gasteiger partial charge in [0.25, 0.3) is 5.91 Å². The van der Waals surface area contributed by atoms with E-state index in [0.717, 1.165) is 12.8 Å². The molecule has 148 valence electrons. The molecule has 0 bridgehead atoms. The summed E-state index contributed by atoms with van der Waals surface area (Å²) < 4.78 is 10.8. The van der Waals surface area contributed by atoms with E-state index in [1.165, 1.54) is 0 Å². The van der Waals surface area contributed by atoms with Crippen LogP contribution in [0, 0.1) is 0 Å². The average molecular weight is 423 g/mol.